The quantitative estimate of drug-likeness (QED) is 0.626. The Hall–Kier alpha value is -1.56. The molecule has 2 aromatic carbocycles. The number of hydrogen-bond donors (Lipinski definition) is 0. The van der Waals surface area contributed by atoms with Gasteiger partial charge in [-0.15, -0.1) is 0 Å². The van der Waals surface area contributed by atoms with Gasteiger partial charge in [-0.2, -0.15) is 0 Å². The minimum Gasteiger partial charge on any atom is -0.0841 e. The first kappa shape index (κ1) is 9.97. The predicted molar refractivity (Wildman–Crippen MR) is 68.0 cm³/mol. The van der Waals surface area contributed by atoms with Gasteiger partial charge in [0.05, 0.1) is 0 Å². The van der Waals surface area contributed by atoms with E-state index in [-0.39, 0.29) is 0 Å². The Balaban J connectivity index is 2.83. The molecule has 0 atom stereocenters. The van der Waals surface area contributed by atoms with E-state index < -0.39 is 0 Å². The summed E-state index contributed by atoms with van der Waals surface area (Å²) in [6.07, 6.45) is 2.16. The first-order valence-electron chi connectivity index (χ1n) is 5.35. The van der Waals surface area contributed by atoms with Crippen LogP contribution >= 0.6 is 0 Å². The van der Waals surface area contributed by atoms with Crippen molar-refractivity contribution in [3.8, 4) is 0 Å². The lowest BCUT2D eigenvalue weighted by Gasteiger charge is -2.08. The average molecular weight is 196 g/mol. The van der Waals surface area contributed by atoms with Gasteiger partial charge in [0.1, 0.15) is 0 Å². The van der Waals surface area contributed by atoms with Gasteiger partial charge in [0.25, 0.3) is 0 Å². The topological polar surface area (TPSA) is 0 Å². The van der Waals surface area contributed by atoms with Crippen LogP contribution in [0.4, 0.5) is 0 Å². The Bertz CT molecular complexity index is 519. The molecule has 2 rings (SSSR count). The summed E-state index contributed by atoms with van der Waals surface area (Å²) in [5, 5.41) is 2.71. The van der Waals surface area contributed by atoms with Crippen molar-refractivity contribution in [3.63, 3.8) is 0 Å². The summed E-state index contributed by atoms with van der Waals surface area (Å²) in [5.41, 5.74) is 4.03. The van der Waals surface area contributed by atoms with Crippen LogP contribution in [-0.2, 0) is 0 Å². The third kappa shape index (κ3) is 1.68. The Labute approximate surface area is 91.2 Å². The number of aryl methyl sites for hydroxylation is 1. The monoisotopic (exact) mass is 196 g/mol. The van der Waals surface area contributed by atoms with Gasteiger partial charge >= 0.3 is 0 Å². The average Bonchev–Trinajstić information content (AvgIpc) is 2.29. The lowest BCUT2D eigenvalue weighted by atomic mass is 9.96. The summed E-state index contributed by atoms with van der Waals surface area (Å²) in [4.78, 5) is 0. The fraction of sp³-hybridized carbons (Fsp3) is 0.200. The molecule has 0 aliphatic rings. The minimum atomic E-state index is 1.34. The standard InChI is InChI=1S/C15H16/c1-4-11(2)14-10-9-12(3)13-7-5-6-8-15(13)14/h4-10H,1-3H3/b11-4+. The SMILES string of the molecule is C/C=C(\C)c1ccc(C)c2ccccc12. The normalized spacial score (nSPS) is 12.1. The van der Waals surface area contributed by atoms with Crippen molar-refractivity contribution in [2.24, 2.45) is 0 Å². The second kappa shape index (κ2) is 3.90. The molecular weight excluding hydrogens is 180 g/mol. The summed E-state index contributed by atoms with van der Waals surface area (Å²) in [6.45, 7) is 6.41. The maximum Gasteiger partial charge on any atom is -0.0106 e. The number of hydrogen-bond acceptors (Lipinski definition) is 0. The highest BCUT2D eigenvalue weighted by molar-refractivity contribution is 5.95. The van der Waals surface area contributed by atoms with E-state index in [4.69, 9.17) is 0 Å². The highest BCUT2D eigenvalue weighted by Gasteiger charge is 2.03. The van der Waals surface area contributed by atoms with E-state index >= 15 is 0 Å². The van der Waals surface area contributed by atoms with Crippen LogP contribution in [0.3, 0.4) is 0 Å². The summed E-state index contributed by atoms with van der Waals surface area (Å²) < 4.78 is 0. The van der Waals surface area contributed by atoms with Crippen molar-refractivity contribution < 1.29 is 0 Å². The highest BCUT2D eigenvalue weighted by Crippen LogP contribution is 2.27. The number of fused-ring (bicyclic) bond motifs is 1. The van der Waals surface area contributed by atoms with Gasteiger partial charge in [0, 0.05) is 0 Å². The molecule has 0 nitrogen and oxygen atoms in total. The van der Waals surface area contributed by atoms with Gasteiger partial charge in [-0.25, -0.2) is 0 Å². The van der Waals surface area contributed by atoms with E-state index in [1.807, 2.05) is 0 Å². The van der Waals surface area contributed by atoms with E-state index in [9.17, 15) is 0 Å². The van der Waals surface area contributed by atoms with E-state index in [1.165, 1.54) is 27.5 Å². The molecule has 0 aliphatic heterocycles. The number of allylic oxidation sites excluding steroid dienone is 2. The van der Waals surface area contributed by atoms with Crippen molar-refractivity contribution in [1.82, 2.24) is 0 Å². The number of benzene rings is 2. The molecule has 0 aliphatic carbocycles. The molecular formula is C15H16. The van der Waals surface area contributed by atoms with Crippen LogP contribution in [0.25, 0.3) is 16.3 Å². The van der Waals surface area contributed by atoms with E-state index in [2.05, 4.69) is 63.2 Å². The van der Waals surface area contributed by atoms with Gasteiger partial charge in [0.15, 0.2) is 0 Å². The molecule has 15 heavy (non-hydrogen) atoms. The molecule has 0 fully saturated rings. The van der Waals surface area contributed by atoms with Crippen LogP contribution in [0.2, 0.25) is 0 Å². The van der Waals surface area contributed by atoms with Gasteiger partial charge in [-0.3, -0.25) is 0 Å². The first-order valence-corrected chi connectivity index (χ1v) is 5.35. The van der Waals surface area contributed by atoms with Gasteiger partial charge in [0.2, 0.25) is 0 Å². The van der Waals surface area contributed by atoms with Crippen LogP contribution in [0, 0.1) is 6.92 Å². The van der Waals surface area contributed by atoms with Gasteiger partial charge in [-0.05, 0) is 48.2 Å². The van der Waals surface area contributed by atoms with E-state index in [0.717, 1.165) is 0 Å². The van der Waals surface area contributed by atoms with Crippen molar-refractivity contribution in [1.29, 1.82) is 0 Å². The highest BCUT2D eigenvalue weighted by atomic mass is 14.1. The minimum absolute atomic E-state index is 1.34. The second-order valence-corrected chi connectivity index (χ2v) is 3.95. The Morgan fingerprint density at radius 3 is 2.33 bits per heavy atom. The smallest absolute Gasteiger partial charge is 0.0106 e. The van der Waals surface area contributed by atoms with Crippen LogP contribution in [0.1, 0.15) is 25.0 Å². The molecule has 76 valence electrons. The van der Waals surface area contributed by atoms with Crippen LogP contribution < -0.4 is 0 Å². The fourth-order valence-corrected chi connectivity index (χ4v) is 1.95. The van der Waals surface area contributed by atoms with Crippen molar-refractivity contribution in [2.45, 2.75) is 20.8 Å². The molecule has 0 spiro atoms. The summed E-state index contributed by atoms with van der Waals surface area (Å²) in [6, 6.07) is 13.0. The van der Waals surface area contributed by atoms with Crippen LogP contribution in [0.5, 0.6) is 0 Å². The zero-order valence-electron chi connectivity index (χ0n) is 9.54. The molecule has 0 heteroatoms. The second-order valence-electron chi connectivity index (χ2n) is 3.95. The zero-order valence-corrected chi connectivity index (χ0v) is 9.54. The predicted octanol–water partition coefficient (Wildman–Crippen LogP) is 4.57. The van der Waals surface area contributed by atoms with Crippen LogP contribution in [0.15, 0.2) is 42.5 Å². The Morgan fingerprint density at radius 2 is 1.67 bits per heavy atom. The molecule has 2 aromatic rings. The van der Waals surface area contributed by atoms with E-state index in [0.29, 0.717) is 0 Å². The molecule has 0 aromatic heterocycles. The third-order valence-electron chi connectivity index (χ3n) is 3.00. The lowest BCUT2D eigenvalue weighted by molar-refractivity contribution is 1.50. The Morgan fingerprint density at radius 1 is 1.00 bits per heavy atom. The molecule has 0 N–H and O–H groups in total. The first-order chi connectivity index (χ1) is 7.24. The maximum atomic E-state index is 2.22. The molecule has 0 bridgehead atoms. The van der Waals surface area contributed by atoms with Crippen molar-refractivity contribution in [3.05, 3.63) is 53.6 Å². The third-order valence-corrected chi connectivity index (χ3v) is 3.00. The van der Waals surface area contributed by atoms with Crippen molar-refractivity contribution >= 4 is 16.3 Å². The lowest BCUT2D eigenvalue weighted by Crippen LogP contribution is -1.85. The molecule has 0 saturated carbocycles. The summed E-state index contributed by atoms with van der Waals surface area (Å²) in [7, 11) is 0. The van der Waals surface area contributed by atoms with Gasteiger partial charge in [-0.1, -0.05) is 42.5 Å². The maximum absolute atomic E-state index is 2.22. The Kier molecular flexibility index (Phi) is 2.59. The van der Waals surface area contributed by atoms with Gasteiger partial charge < -0.3 is 0 Å². The largest absolute Gasteiger partial charge is 0.0841 e. The van der Waals surface area contributed by atoms with Crippen molar-refractivity contribution in [2.75, 3.05) is 0 Å². The zero-order chi connectivity index (χ0) is 10.8. The molecule has 0 saturated heterocycles. The molecule has 0 amide bonds. The molecule has 0 unspecified atom stereocenters. The molecule has 0 radical (unpaired) electrons. The summed E-state index contributed by atoms with van der Waals surface area (Å²) in [5.74, 6) is 0. The number of rotatable bonds is 1. The summed E-state index contributed by atoms with van der Waals surface area (Å²) >= 11 is 0. The van der Waals surface area contributed by atoms with Crippen LogP contribution in [-0.4, -0.2) is 0 Å². The fourth-order valence-electron chi connectivity index (χ4n) is 1.95. The molecule has 0 heterocycles. The van der Waals surface area contributed by atoms with E-state index in [1.54, 1.807) is 0 Å².